The van der Waals surface area contributed by atoms with Crippen LogP contribution < -0.4 is 5.32 Å². The molecule has 0 aliphatic rings. The minimum absolute atomic E-state index is 0.0428. The van der Waals surface area contributed by atoms with Crippen molar-refractivity contribution >= 4 is 17.5 Å². The molecular weight excluding hydrogens is 162 g/mol. The maximum atomic E-state index is 11.0. The van der Waals surface area contributed by atoms with Gasteiger partial charge in [0.1, 0.15) is 0 Å². The Morgan fingerprint density at radius 3 is 2.36 bits per heavy atom. The van der Waals surface area contributed by atoms with Crippen LogP contribution in [0.3, 0.4) is 0 Å². The lowest BCUT2D eigenvalue weighted by molar-refractivity contribution is -0.121. The van der Waals surface area contributed by atoms with Crippen LogP contribution >= 0.6 is 11.6 Å². The monoisotopic (exact) mass is 177 g/mol. The summed E-state index contributed by atoms with van der Waals surface area (Å²) in [5.41, 5.74) is 0. The Labute approximate surface area is 73.3 Å². The Morgan fingerprint density at radius 2 is 2.00 bits per heavy atom. The van der Waals surface area contributed by atoms with Crippen molar-refractivity contribution in [1.82, 2.24) is 5.32 Å². The second kappa shape index (κ2) is 5.42. The topological polar surface area (TPSA) is 29.1 Å². The number of nitrogens with one attached hydrogen (secondary N) is 1. The Kier molecular flexibility index (Phi) is 5.30. The molecule has 0 aliphatic heterocycles. The maximum absolute atomic E-state index is 11.0. The molecule has 0 saturated carbocycles. The van der Waals surface area contributed by atoms with Gasteiger partial charge in [-0.1, -0.05) is 13.8 Å². The van der Waals surface area contributed by atoms with E-state index in [0.29, 0.717) is 18.2 Å². The largest absolute Gasteiger partial charge is 0.353 e. The van der Waals surface area contributed by atoms with E-state index in [-0.39, 0.29) is 11.9 Å². The number of hydrogen-bond donors (Lipinski definition) is 1. The standard InChI is InChI=1S/C8H16ClNO/c1-6(2)7(3)10-8(11)4-5-9/h6-7H,4-5H2,1-3H3,(H,10,11). The van der Waals surface area contributed by atoms with E-state index >= 15 is 0 Å². The highest BCUT2D eigenvalue weighted by Crippen LogP contribution is 1.99. The van der Waals surface area contributed by atoms with Crippen LogP contribution in [0.25, 0.3) is 0 Å². The summed E-state index contributed by atoms with van der Waals surface area (Å²) in [5, 5.41) is 2.86. The Balaban J connectivity index is 3.57. The highest BCUT2D eigenvalue weighted by Gasteiger charge is 2.09. The molecule has 0 saturated heterocycles. The highest BCUT2D eigenvalue weighted by molar-refractivity contribution is 6.18. The molecule has 66 valence electrons. The van der Waals surface area contributed by atoms with Crippen molar-refractivity contribution in [3.05, 3.63) is 0 Å². The molecule has 0 bridgehead atoms. The molecule has 11 heavy (non-hydrogen) atoms. The average Bonchev–Trinajstić information content (AvgIpc) is 1.87. The van der Waals surface area contributed by atoms with Gasteiger partial charge in [-0.25, -0.2) is 0 Å². The molecule has 0 aromatic heterocycles. The van der Waals surface area contributed by atoms with Crippen molar-refractivity contribution in [2.24, 2.45) is 5.92 Å². The molecule has 0 rings (SSSR count). The maximum Gasteiger partial charge on any atom is 0.221 e. The zero-order valence-electron chi connectivity index (χ0n) is 7.36. The fourth-order valence-corrected chi connectivity index (χ4v) is 0.750. The van der Waals surface area contributed by atoms with Crippen LogP contribution in [0.15, 0.2) is 0 Å². The van der Waals surface area contributed by atoms with Gasteiger partial charge in [0.05, 0.1) is 0 Å². The first kappa shape index (κ1) is 10.8. The summed E-state index contributed by atoms with van der Waals surface area (Å²) in [5.74, 6) is 0.923. The van der Waals surface area contributed by atoms with Crippen LogP contribution in [-0.4, -0.2) is 17.8 Å². The predicted molar refractivity (Wildman–Crippen MR) is 47.8 cm³/mol. The Bertz CT molecular complexity index is 125. The highest BCUT2D eigenvalue weighted by atomic mass is 35.5. The van der Waals surface area contributed by atoms with Gasteiger partial charge in [-0.2, -0.15) is 0 Å². The van der Waals surface area contributed by atoms with Gasteiger partial charge >= 0.3 is 0 Å². The van der Waals surface area contributed by atoms with Crippen molar-refractivity contribution in [2.45, 2.75) is 33.2 Å². The first-order valence-corrected chi connectivity index (χ1v) is 4.46. The summed E-state index contributed by atoms with van der Waals surface area (Å²) < 4.78 is 0. The molecule has 3 heteroatoms. The first-order valence-electron chi connectivity index (χ1n) is 3.93. The average molecular weight is 178 g/mol. The molecule has 1 atom stereocenters. The van der Waals surface area contributed by atoms with E-state index in [1.54, 1.807) is 0 Å². The van der Waals surface area contributed by atoms with E-state index in [1.807, 2.05) is 6.92 Å². The third-order valence-electron chi connectivity index (χ3n) is 1.71. The minimum atomic E-state index is 0.0428. The van der Waals surface area contributed by atoms with Crippen molar-refractivity contribution < 1.29 is 4.79 Å². The van der Waals surface area contributed by atoms with E-state index in [4.69, 9.17) is 11.6 Å². The van der Waals surface area contributed by atoms with Gasteiger partial charge in [0, 0.05) is 18.3 Å². The molecule has 2 nitrogen and oxygen atoms in total. The van der Waals surface area contributed by atoms with Crippen molar-refractivity contribution in [3.63, 3.8) is 0 Å². The number of alkyl halides is 1. The molecule has 0 aliphatic carbocycles. The molecule has 0 heterocycles. The first-order chi connectivity index (χ1) is 5.07. The SMILES string of the molecule is CC(C)C(C)NC(=O)CCCl. The van der Waals surface area contributed by atoms with Gasteiger partial charge in [0.2, 0.25) is 5.91 Å². The van der Waals surface area contributed by atoms with Crippen LogP contribution in [0.4, 0.5) is 0 Å². The van der Waals surface area contributed by atoms with Gasteiger partial charge < -0.3 is 5.32 Å². The molecule has 1 unspecified atom stereocenters. The van der Waals surface area contributed by atoms with E-state index < -0.39 is 0 Å². The molecule has 0 aromatic rings. The lowest BCUT2D eigenvalue weighted by atomic mass is 10.1. The number of hydrogen-bond acceptors (Lipinski definition) is 1. The molecule has 0 fully saturated rings. The van der Waals surface area contributed by atoms with Crippen LogP contribution in [0.1, 0.15) is 27.2 Å². The molecular formula is C8H16ClNO. The van der Waals surface area contributed by atoms with Crippen LogP contribution in [0, 0.1) is 5.92 Å². The molecule has 0 radical (unpaired) electrons. The van der Waals surface area contributed by atoms with Gasteiger partial charge in [0.25, 0.3) is 0 Å². The number of rotatable bonds is 4. The minimum Gasteiger partial charge on any atom is -0.353 e. The third kappa shape index (κ3) is 5.08. The summed E-state index contributed by atoms with van der Waals surface area (Å²) in [6, 6.07) is 0.241. The molecule has 1 N–H and O–H groups in total. The lowest BCUT2D eigenvalue weighted by Gasteiger charge is -2.16. The molecule has 0 aromatic carbocycles. The molecule has 1 amide bonds. The lowest BCUT2D eigenvalue weighted by Crippen LogP contribution is -2.36. The van der Waals surface area contributed by atoms with Gasteiger partial charge in [-0.3, -0.25) is 4.79 Å². The van der Waals surface area contributed by atoms with Gasteiger partial charge in [-0.15, -0.1) is 11.6 Å². The zero-order chi connectivity index (χ0) is 8.85. The summed E-state index contributed by atoms with van der Waals surface area (Å²) in [7, 11) is 0. The zero-order valence-corrected chi connectivity index (χ0v) is 8.11. The van der Waals surface area contributed by atoms with Crippen molar-refractivity contribution in [3.8, 4) is 0 Å². The second-order valence-electron chi connectivity index (χ2n) is 3.04. The summed E-state index contributed by atoms with van der Waals surface area (Å²) in [6.07, 6.45) is 0.415. The third-order valence-corrected chi connectivity index (χ3v) is 1.90. The van der Waals surface area contributed by atoms with Crippen LogP contribution in [0.2, 0.25) is 0 Å². The van der Waals surface area contributed by atoms with Crippen LogP contribution in [-0.2, 0) is 4.79 Å². The fourth-order valence-electron chi connectivity index (χ4n) is 0.579. The molecule has 0 spiro atoms. The quantitative estimate of drug-likeness (QED) is 0.652. The number of amides is 1. The second-order valence-corrected chi connectivity index (χ2v) is 3.42. The fraction of sp³-hybridized carbons (Fsp3) is 0.875. The van der Waals surface area contributed by atoms with Crippen molar-refractivity contribution in [2.75, 3.05) is 5.88 Å². The van der Waals surface area contributed by atoms with Gasteiger partial charge in [-0.05, 0) is 12.8 Å². The summed E-state index contributed by atoms with van der Waals surface area (Å²) in [6.45, 7) is 6.15. The Hall–Kier alpha value is -0.240. The number of halogens is 1. The summed E-state index contributed by atoms with van der Waals surface area (Å²) >= 11 is 5.40. The predicted octanol–water partition coefficient (Wildman–Crippen LogP) is 1.78. The summed E-state index contributed by atoms with van der Waals surface area (Å²) in [4.78, 5) is 11.0. The Morgan fingerprint density at radius 1 is 1.45 bits per heavy atom. The normalized spacial score (nSPS) is 13.2. The smallest absolute Gasteiger partial charge is 0.221 e. The van der Waals surface area contributed by atoms with E-state index in [2.05, 4.69) is 19.2 Å². The van der Waals surface area contributed by atoms with Crippen molar-refractivity contribution in [1.29, 1.82) is 0 Å². The number of carbonyl (C=O) groups is 1. The van der Waals surface area contributed by atoms with E-state index in [1.165, 1.54) is 0 Å². The van der Waals surface area contributed by atoms with E-state index in [0.717, 1.165) is 0 Å². The van der Waals surface area contributed by atoms with Gasteiger partial charge in [0.15, 0.2) is 0 Å². The van der Waals surface area contributed by atoms with Crippen LogP contribution in [0.5, 0.6) is 0 Å². The van der Waals surface area contributed by atoms with E-state index in [9.17, 15) is 4.79 Å². The number of carbonyl (C=O) groups excluding carboxylic acids is 1.